The van der Waals surface area contributed by atoms with Gasteiger partial charge in [-0.05, 0) is 25.1 Å². The quantitative estimate of drug-likeness (QED) is 0.834. The van der Waals surface area contributed by atoms with Crippen LogP contribution in [0.1, 0.15) is 6.92 Å². The third-order valence-electron chi connectivity index (χ3n) is 2.69. The molecule has 0 saturated carbocycles. The van der Waals surface area contributed by atoms with E-state index in [-0.39, 0.29) is 6.03 Å². The molecule has 0 saturated heterocycles. The SMILES string of the molecule is CCN(C)c1cccc(NC(=O)NCC[S@](C)=O)c1. The Hall–Kier alpha value is -1.56. The molecule has 0 heterocycles. The number of nitrogens with one attached hydrogen (secondary N) is 2. The molecule has 1 atom stereocenters. The summed E-state index contributed by atoms with van der Waals surface area (Å²) in [5.74, 6) is 0.464. The molecule has 0 aliphatic carbocycles. The summed E-state index contributed by atoms with van der Waals surface area (Å²) in [6, 6.07) is 7.37. The van der Waals surface area contributed by atoms with Crippen molar-refractivity contribution in [2.45, 2.75) is 6.92 Å². The van der Waals surface area contributed by atoms with E-state index in [0.29, 0.717) is 12.3 Å². The van der Waals surface area contributed by atoms with E-state index >= 15 is 0 Å². The van der Waals surface area contributed by atoms with E-state index in [1.165, 1.54) is 0 Å². The van der Waals surface area contributed by atoms with Crippen LogP contribution in [0.2, 0.25) is 0 Å². The minimum atomic E-state index is -0.889. The molecule has 6 heteroatoms. The molecule has 106 valence electrons. The summed E-state index contributed by atoms with van der Waals surface area (Å²) in [6.07, 6.45) is 1.61. The van der Waals surface area contributed by atoms with Gasteiger partial charge in [0, 0.05) is 54.3 Å². The van der Waals surface area contributed by atoms with Crippen molar-refractivity contribution in [2.75, 3.05) is 42.4 Å². The zero-order valence-corrected chi connectivity index (χ0v) is 12.4. The van der Waals surface area contributed by atoms with Crippen LogP contribution in [0.5, 0.6) is 0 Å². The molecule has 5 nitrogen and oxygen atoms in total. The van der Waals surface area contributed by atoms with Gasteiger partial charge in [0.15, 0.2) is 0 Å². The third-order valence-corrected chi connectivity index (χ3v) is 3.47. The van der Waals surface area contributed by atoms with E-state index in [2.05, 4.69) is 22.5 Å². The molecular weight excluding hydrogens is 262 g/mol. The summed E-state index contributed by atoms with van der Waals surface area (Å²) >= 11 is 0. The van der Waals surface area contributed by atoms with Crippen molar-refractivity contribution in [1.82, 2.24) is 5.32 Å². The van der Waals surface area contributed by atoms with Crippen LogP contribution in [0, 0.1) is 0 Å². The molecule has 0 radical (unpaired) electrons. The van der Waals surface area contributed by atoms with E-state index in [4.69, 9.17) is 0 Å². The lowest BCUT2D eigenvalue weighted by Gasteiger charge is -2.17. The standard InChI is InChI=1S/C13H21N3O2S/c1-4-16(2)12-7-5-6-11(10-12)15-13(17)14-8-9-19(3)18/h5-7,10H,4,8-9H2,1-3H3,(H2,14,15,17)/t19-/m0/s1. The van der Waals surface area contributed by atoms with Crippen molar-refractivity contribution in [3.8, 4) is 0 Å². The first kappa shape index (κ1) is 15.5. The lowest BCUT2D eigenvalue weighted by Crippen LogP contribution is -2.31. The average Bonchev–Trinajstić information content (AvgIpc) is 2.37. The summed E-state index contributed by atoms with van der Waals surface area (Å²) in [7, 11) is 1.11. The average molecular weight is 283 g/mol. The molecule has 0 fully saturated rings. The van der Waals surface area contributed by atoms with Gasteiger partial charge in [-0.25, -0.2) is 4.79 Å². The maximum atomic E-state index is 11.6. The summed E-state index contributed by atoms with van der Waals surface area (Å²) in [6.45, 7) is 3.37. The number of amides is 2. The van der Waals surface area contributed by atoms with Crippen molar-refractivity contribution in [2.24, 2.45) is 0 Å². The first-order valence-electron chi connectivity index (χ1n) is 6.19. The fourth-order valence-electron chi connectivity index (χ4n) is 1.49. The van der Waals surface area contributed by atoms with Crippen molar-refractivity contribution < 1.29 is 9.00 Å². The predicted octanol–water partition coefficient (Wildman–Crippen LogP) is 1.64. The Labute approximate surface area is 116 Å². The second kappa shape index (κ2) is 7.78. The molecule has 19 heavy (non-hydrogen) atoms. The smallest absolute Gasteiger partial charge is 0.319 e. The Bertz CT molecular complexity index is 451. The van der Waals surface area contributed by atoms with E-state index < -0.39 is 10.8 Å². The second-order valence-corrected chi connectivity index (χ2v) is 5.78. The summed E-state index contributed by atoms with van der Waals surface area (Å²) in [4.78, 5) is 13.7. The Morgan fingerprint density at radius 2 is 2.16 bits per heavy atom. The topological polar surface area (TPSA) is 61.4 Å². The fourth-order valence-corrected chi connectivity index (χ4v) is 1.88. The van der Waals surface area contributed by atoms with Gasteiger partial charge >= 0.3 is 6.03 Å². The van der Waals surface area contributed by atoms with Gasteiger partial charge in [0.2, 0.25) is 0 Å². The number of carbonyl (C=O) groups excluding carboxylic acids is 1. The maximum absolute atomic E-state index is 11.6. The van der Waals surface area contributed by atoms with Crippen LogP contribution >= 0.6 is 0 Å². The zero-order chi connectivity index (χ0) is 14.3. The second-order valence-electron chi connectivity index (χ2n) is 4.22. The maximum Gasteiger partial charge on any atom is 0.319 e. The largest absolute Gasteiger partial charge is 0.375 e. The van der Waals surface area contributed by atoms with Crippen LogP contribution in [-0.4, -0.2) is 42.4 Å². The Kier molecular flexibility index (Phi) is 6.35. The molecule has 0 spiro atoms. The highest BCUT2D eigenvalue weighted by Gasteiger charge is 2.03. The van der Waals surface area contributed by atoms with Crippen LogP contribution in [-0.2, 0) is 10.8 Å². The van der Waals surface area contributed by atoms with Gasteiger partial charge in [-0.15, -0.1) is 0 Å². The number of hydrogen-bond acceptors (Lipinski definition) is 3. The number of benzene rings is 1. The van der Waals surface area contributed by atoms with Crippen LogP contribution in [0.25, 0.3) is 0 Å². The van der Waals surface area contributed by atoms with E-state index in [9.17, 15) is 9.00 Å². The fraction of sp³-hybridized carbons (Fsp3) is 0.462. The first-order valence-corrected chi connectivity index (χ1v) is 7.91. The Morgan fingerprint density at radius 1 is 1.42 bits per heavy atom. The van der Waals surface area contributed by atoms with Gasteiger partial charge in [0.1, 0.15) is 0 Å². The number of nitrogens with zero attached hydrogens (tertiary/aromatic N) is 1. The van der Waals surface area contributed by atoms with Crippen LogP contribution in [0.15, 0.2) is 24.3 Å². The Balaban J connectivity index is 2.52. The molecule has 0 unspecified atom stereocenters. The molecule has 1 aromatic rings. The minimum Gasteiger partial charge on any atom is -0.375 e. The highest BCUT2D eigenvalue weighted by Crippen LogP contribution is 2.17. The van der Waals surface area contributed by atoms with Crippen molar-refractivity contribution in [3.05, 3.63) is 24.3 Å². The zero-order valence-electron chi connectivity index (χ0n) is 11.6. The van der Waals surface area contributed by atoms with Crippen molar-refractivity contribution >= 4 is 28.2 Å². The highest BCUT2D eigenvalue weighted by atomic mass is 32.2. The lowest BCUT2D eigenvalue weighted by atomic mass is 10.2. The normalized spacial score (nSPS) is 11.7. The van der Waals surface area contributed by atoms with Crippen LogP contribution in [0.4, 0.5) is 16.2 Å². The van der Waals surface area contributed by atoms with Gasteiger partial charge in [0.05, 0.1) is 0 Å². The van der Waals surface area contributed by atoms with Gasteiger partial charge in [-0.2, -0.15) is 0 Å². The molecule has 0 bridgehead atoms. The molecule has 0 aromatic heterocycles. The van der Waals surface area contributed by atoms with Crippen molar-refractivity contribution in [1.29, 1.82) is 0 Å². The molecule has 1 aromatic carbocycles. The molecule has 2 N–H and O–H groups in total. The number of hydrogen-bond donors (Lipinski definition) is 2. The monoisotopic (exact) mass is 283 g/mol. The molecule has 1 rings (SSSR count). The highest BCUT2D eigenvalue weighted by molar-refractivity contribution is 7.84. The number of carbonyl (C=O) groups is 1. The number of rotatable bonds is 6. The van der Waals surface area contributed by atoms with Gasteiger partial charge < -0.3 is 15.5 Å². The number of anilines is 2. The number of urea groups is 1. The molecule has 0 aliphatic rings. The van der Waals surface area contributed by atoms with Gasteiger partial charge in [0.25, 0.3) is 0 Å². The minimum absolute atomic E-state index is 0.276. The molecular formula is C13H21N3O2S. The van der Waals surface area contributed by atoms with E-state index in [1.54, 1.807) is 6.26 Å². The van der Waals surface area contributed by atoms with E-state index in [0.717, 1.165) is 17.9 Å². The molecule has 2 amide bonds. The third kappa shape index (κ3) is 5.74. The van der Waals surface area contributed by atoms with Crippen LogP contribution in [0.3, 0.4) is 0 Å². The molecule has 0 aliphatic heterocycles. The van der Waals surface area contributed by atoms with Gasteiger partial charge in [-0.1, -0.05) is 6.07 Å². The summed E-state index contributed by atoms with van der Waals surface area (Å²) in [5.41, 5.74) is 1.79. The lowest BCUT2D eigenvalue weighted by molar-refractivity contribution is 0.252. The van der Waals surface area contributed by atoms with Gasteiger partial charge in [-0.3, -0.25) is 4.21 Å². The van der Waals surface area contributed by atoms with E-state index in [1.807, 2.05) is 31.3 Å². The van der Waals surface area contributed by atoms with Crippen LogP contribution < -0.4 is 15.5 Å². The van der Waals surface area contributed by atoms with Crippen molar-refractivity contribution in [3.63, 3.8) is 0 Å². The summed E-state index contributed by atoms with van der Waals surface area (Å²) in [5, 5.41) is 5.43. The first-order chi connectivity index (χ1) is 9.02. The predicted molar refractivity (Wildman–Crippen MR) is 81.3 cm³/mol. The Morgan fingerprint density at radius 3 is 2.79 bits per heavy atom. The summed E-state index contributed by atoms with van der Waals surface area (Å²) < 4.78 is 10.9.